The number of rotatable bonds is 2. The lowest BCUT2D eigenvalue weighted by molar-refractivity contribution is 0.620. The van der Waals surface area contributed by atoms with Crippen molar-refractivity contribution in [2.24, 2.45) is 5.10 Å². The summed E-state index contributed by atoms with van der Waals surface area (Å²) >= 11 is 0. The molecule has 2 nitrogen and oxygen atoms in total. The molecule has 1 aliphatic heterocycles. The summed E-state index contributed by atoms with van der Waals surface area (Å²) in [5, 5.41) is 4.43. The van der Waals surface area contributed by atoms with E-state index in [4.69, 9.17) is 0 Å². The molecule has 1 heterocycles. The molecular weight excluding hydrogens is 208 g/mol. The van der Waals surface area contributed by atoms with E-state index in [0.717, 1.165) is 12.1 Å². The summed E-state index contributed by atoms with van der Waals surface area (Å²) in [5.74, 6) is 0. The van der Waals surface area contributed by atoms with Crippen LogP contribution in [0.5, 0.6) is 0 Å². The number of hydrazone groups is 1. The van der Waals surface area contributed by atoms with Crippen molar-refractivity contribution in [1.29, 1.82) is 0 Å². The second kappa shape index (κ2) is 4.42. The van der Waals surface area contributed by atoms with Crippen LogP contribution in [-0.2, 0) is 0 Å². The highest BCUT2D eigenvalue weighted by Crippen LogP contribution is 2.23. The molecule has 0 saturated heterocycles. The maximum Gasteiger partial charge on any atom is 0.0745 e. The quantitative estimate of drug-likeness (QED) is 0.829. The number of hydrogen-bond donors (Lipinski definition) is 1. The maximum absolute atomic E-state index is 4.43. The second-order valence-corrected chi connectivity index (χ2v) is 4.22. The third-order valence-corrected chi connectivity index (χ3v) is 3.06. The molecule has 0 saturated carbocycles. The molecule has 0 unspecified atom stereocenters. The molecule has 2 aromatic carbocycles. The normalized spacial score (nSPS) is 18.6. The van der Waals surface area contributed by atoms with Gasteiger partial charge in [0.15, 0.2) is 0 Å². The molecule has 3 rings (SSSR count). The van der Waals surface area contributed by atoms with Gasteiger partial charge in [-0.2, -0.15) is 5.10 Å². The average Bonchev–Trinajstić information content (AvgIpc) is 2.90. The summed E-state index contributed by atoms with van der Waals surface area (Å²) in [5.41, 5.74) is 6.85. The highest BCUT2D eigenvalue weighted by Gasteiger charge is 2.20. The zero-order valence-corrected chi connectivity index (χ0v) is 9.51. The third kappa shape index (κ3) is 2.07. The molecule has 2 aromatic rings. The minimum atomic E-state index is 0.311. The van der Waals surface area contributed by atoms with Crippen LogP contribution in [-0.4, -0.2) is 5.71 Å². The van der Waals surface area contributed by atoms with Crippen molar-refractivity contribution in [1.82, 2.24) is 5.43 Å². The van der Waals surface area contributed by atoms with Gasteiger partial charge in [-0.15, -0.1) is 0 Å². The fourth-order valence-electron chi connectivity index (χ4n) is 2.13. The molecule has 1 N–H and O–H groups in total. The number of hydrogen-bond acceptors (Lipinski definition) is 2. The van der Waals surface area contributed by atoms with Crippen molar-refractivity contribution in [3.05, 3.63) is 71.8 Å². The zero-order chi connectivity index (χ0) is 11.5. The van der Waals surface area contributed by atoms with Gasteiger partial charge in [0.1, 0.15) is 0 Å². The van der Waals surface area contributed by atoms with Crippen molar-refractivity contribution >= 4 is 5.71 Å². The summed E-state index contributed by atoms with van der Waals surface area (Å²) in [6.07, 6.45) is 0.952. The molecule has 0 spiro atoms. The fourth-order valence-corrected chi connectivity index (χ4v) is 2.13. The van der Waals surface area contributed by atoms with Gasteiger partial charge in [0.05, 0.1) is 11.8 Å². The molecule has 0 aromatic heterocycles. The number of benzene rings is 2. The highest BCUT2D eigenvalue weighted by atomic mass is 15.3. The monoisotopic (exact) mass is 222 g/mol. The first-order valence-electron chi connectivity index (χ1n) is 5.86. The zero-order valence-electron chi connectivity index (χ0n) is 9.51. The van der Waals surface area contributed by atoms with Gasteiger partial charge in [-0.3, -0.25) is 0 Å². The van der Waals surface area contributed by atoms with Crippen LogP contribution >= 0.6 is 0 Å². The molecular formula is C15H14N2. The van der Waals surface area contributed by atoms with E-state index in [1.54, 1.807) is 0 Å². The van der Waals surface area contributed by atoms with Crippen LogP contribution in [0.15, 0.2) is 65.8 Å². The van der Waals surface area contributed by atoms with Crippen LogP contribution in [0, 0.1) is 0 Å². The molecule has 17 heavy (non-hydrogen) atoms. The van der Waals surface area contributed by atoms with Gasteiger partial charge >= 0.3 is 0 Å². The van der Waals surface area contributed by atoms with Gasteiger partial charge in [-0.1, -0.05) is 60.7 Å². The van der Waals surface area contributed by atoms with Crippen molar-refractivity contribution in [2.45, 2.75) is 12.5 Å². The Morgan fingerprint density at radius 1 is 0.882 bits per heavy atom. The van der Waals surface area contributed by atoms with Gasteiger partial charge in [0.25, 0.3) is 0 Å². The van der Waals surface area contributed by atoms with Gasteiger partial charge in [0.2, 0.25) is 0 Å². The third-order valence-electron chi connectivity index (χ3n) is 3.06. The lowest BCUT2D eigenvalue weighted by Gasteiger charge is -2.09. The summed E-state index contributed by atoms with van der Waals surface area (Å²) in [6, 6.07) is 21.1. The Morgan fingerprint density at radius 2 is 1.53 bits per heavy atom. The van der Waals surface area contributed by atoms with E-state index in [0.29, 0.717) is 6.04 Å². The predicted octanol–water partition coefficient (Wildman–Crippen LogP) is 3.13. The molecule has 0 bridgehead atoms. The van der Waals surface area contributed by atoms with Crippen LogP contribution in [0.2, 0.25) is 0 Å². The molecule has 0 aliphatic carbocycles. The van der Waals surface area contributed by atoms with E-state index < -0.39 is 0 Å². The van der Waals surface area contributed by atoms with Crippen molar-refractivity contribution in [3.8, 4) is 0 Å². The van der Waals surface area contributed by atoms with E-state index in [1.807, 2.05) is 24.3 Å². The molecule has 0 fully saturated rings. The van der Waals surface area contributed by atoms with Gasteiger partial charge < -0.3 is 5.43 Å². The topological polar surface area (TPSA) is 24.4 Å². The fraction of sp³-hybridized carbons (Fsp3) is 0.133. The second-order valence-electron chi connectivity index (χ2n) is 4.22. The number of nitrogens with zero attached hydrogens (tertiary/aromatic N) is 1. The minimum absolute atomic E-state index is 0.311. The Morgan fingerprint density at radius 3 is 2.24 bits per heavy atom. The maximum atomic E-state index is 4.43. The smallest absolute Gasteiger partial charge is 0.0745 e. The SMILES string of the molecule is c1ccc(C2=NN[C@@H](c3ccccc3)C2)cc1. The first kappa shape index (κ1) is 10.1. The first-order valence-corrected chi connectivity index (χ1v) is 5.86. The predicted molar refractivity (Wildman–Crippen MR) is 69.9 cm³/mol. The Hall–Kier alpha value is -2.09. The lowest BCUT2D eigenvalue weighted by atomic mass is 9.99. The summed E-state index contributed by atoms with van der Waals surface area (Å²) in [7, 11) is 0. The van der Waals surface area contributed by atoms with Crippen LogP contribution < -0.4 is 5.43 Å². The minimum Gasteiger partial charge on any atom is -0.302 e. The van der Waals surface area contributed by atoms with Crippen LogP contribution in [0.3, 0.4) is 0 Å². The van der Waals surface area contributed by atoms with Gasteiger partial charge in [0, 0.05) is 6.42 Å². The van der Waals surface area contributed by atoms with Gasteiger partial charge in [-0.05, 0) is 11.1 Å². The Bertz CT molecular complexity index is 517. The molecule has 84 valence electrons. The first-order chi connectivity index (χ1) is 8.43. The van der Waals surface area contributed by atoms with Gasteiger partial charge in [-0.25, -0.2) is 0 Å². The van der Waals surface area contributed by atoms with Crippen LogP contribution in [0.25, 0.3) is 0 Å². The van der Waals surface area contributed by atoms with Crippen LogP contribution in [0.4, 0.5) is 0 Å². The summed E-state index contributed by atoms with van der Waals surface area (Å²) < 4.78 is 0. The molecule has 2 heteroatoms. The Kier molecular flexibility index (Phi) is 2.62. The molecule has 1 aliphatic rings. The van der Waals surface area contributed by atoms with E-state index in [1.165, 1.54) is 11.1 Å². The van der Waals surface area contributed by atoms with Crippen molar-refractivity contribution < 1.29 is 0 Å². The molecule has 0 amide bonds. The average molecular weight is 222 g/mol. The van der Waals surface area contributed by atoms with E-state index in [-0.39, 0.29) is 0 Å². The molecule has 1 atom stereocenters. The number of nitrogens with one attached hydrogen (secondary N) is 1. The van der Waals surface area contributed by atoms with Crippen LogP contribution in [0.1, 0.15) is 23.6 Å². The lowest BCUT2D eigenvalue weighted by Crippen LogP contribution is -2.09. The standard InChI is InChI=1S/C15H14N2/c1-3-7-12(8-4-1)14-11-15(17-16-14)13-9-5-2-6-10-13/h1-10,14,16H,11H2/t14-/m1/s1. The Balaban J connectivity index is 1.78. The summed E-state index contributed by atoms with van der Waals surface area (Å²) in [6.45, 7) is 0. The van der Waals surface area contributed by atoms with E-state index in [2.05, 4.69) is 46.9 Å². The largest absolute Gasteiger partial charge is 0.302 e. The van der Waals surface area contributed by atoms with E-state index >= 15 is 0 Å². The van der Waals surface area contributed by atoms with Crippen molar-refractivity contribution in [2.75, 3.05) is 0 Å². The molecule has 0 radical (unpaired) electrons. The van der Waals surface area contributed by atoms with Crippen molar-refractivity contribution in [3.63, 3.8) is 0 Å². The summed E-state index contributed by atoms with van der Waals surface area (Å²) in [4.78, 5) is 0. The Labute approximate surface area is 101 Å². The van der Waals surface area contributed by atoms with E-state index in [9.17, 15) is 0 Å². The highest BCUT2D eigenvalue weighted by molar-refractivity contribution is 6.01.